The molecule has 0 spiro atoms. The maximum absolute atomic E-state index is 13.2. The number of nitrogens with one attached hydrogen (secondary N) is 2. The summed E-state index contributed by atoms with van der Waals surface area (Å²) in [6, 6.07) is 10.9. The molecule has 0 fully saturated rings. The monoisotopic (exact) mass is 376 g/mol. The molecule has 0 aliphatic rings. The Bertz CT molecular complexity index is 764. The fourth-order valence-corrected chi connectivity index (χ4v) is 2.64. The molecule has 7 heteroatoms. The van der Waals surface area contributed by atoms with Crippen LogP contribution < -0.4 is 10.6 Å². The number of aliphatic hydroxyl groups is 1. The second-order valence-corrected chi connectivity index (χ2v) is 6.32. The van der Waals surface area contributed by atoms with E-state index in [1.807, 2.05) is 30.3 Å². The molecule has 0 unspecified atom stereocenters. The highest BCUT2D eigenvalue weighted by molar-refractivity contribution is 5.88. The Morgan fingerprint density at radius 3 is 2.22 bits per heavy atom. The van der Waals surface area contributed by atoms with Gasteiger partial charge in [-0.15, -0.1) is 0 Å². The van der Waals surface area contributed by atoms with E-state index in [-0.39, 0.29) is 18.6 Å². The summed E-state index contributed by atoms with van der Waals surface area (Å²) in [4.78, 5) is 24.3. The normalized spacial score (nSPS) is 12.9. The van der Waals surface area contributed by atoms with Crippen LogP contribution in [0.1, 0.15) is 18.1 Å². The average molecular weight is 376 g/mol. The van der Waals surface area contributed by atoms with Crippen LogP contribution in [0.3, 0.4) is 0 Å². The van der Waals surface area contributed by atoms with Crippen molar-refractivity contribution >= 4 is 11.8 Å². The van der Waals surface area contributed by atoms with Crippen LogP contribution in [0.15, 0.2) is 48.5 Å². The van der Waals surface area contributed by atoms with E-state index in [2.05, 4.69) is 10.6 Å². The van der Waals surface area contributed by atoms with Gasteiger partial charge < -0.3 is 15.7 Å². The lowest BCUT2D eigenvalue weighted by molar-refractivity contribution is -0.128. The molecule has 0 aliphatic heterocycles. The summed E-state index contributed by atoms with van der Waals surface area (Å²) < 4.78 is 26.3. The first-order valence-electron chi connectivity index (χ1n) is 8.57. The molecule has 0 aromatic heterocycles. The van der Waals surface area contributed by atoms with Gasteiger partial charge in [-0.1, -0.05) is 30.3 Å². The first-order chi connectivity index (χ1) is 12.9. The van der Waals surface area contributed by atoms with Gasteiger partial charge in [0.05, 0.1) is 19.1 Å². The molecule has 0 heterocycles. The lowest BCUT2D eigenvalue weighted by Crippen LogP contribution is -2.50. The van der Waals surface area contributed by atoms with E-state index in [1.54, 1.807) is 0 Å². The summed E-state index contributed by atoms with van der Waals surface area (Å²) >= 11 is 0. The van der Waals surface area contributed by atoms with Crippen LogP contribution in [0, 0.1) is 11.6 Å². The summed E-state index contributed by atoms with van der Waals surface area (Å²) in [5, 5.41) is 14.6. The summed E-state index contributed by atoms with van der Waals surface area (Å²) in [6.07, 6.45) is 0.200. The number of hydrogen-bond donors (Lipinski definition) is 3. The number of rotatable bonds is 8. The molecule has 3 N–H and O–H groups in total. The van der Waals surface area contributed by atoms with Gasteiger partial charge in [0.25, 0.3) is 0 Å². The van der Waals surface area contributed by atoms with Crippen molar-refractivity contribution in [1.29, 1.82) is 0 Å². The van der Waals surface area contributed by atoms with E-state index >= 15 is 0 Å². The maximum atomic E-state index is 13.2. The van der Waals surface area contributed by atoms with E-state index in [1.165, 1.54) is 6.92 Å². The largest absolute Gasteiger partial charge is 0.394 e. The van der Waals surface area contributed by atoms with E-state index in [0.717, 1.165) is 23.8 Å². The highest BCUT2D eigenvalue weighted by atomic mass is 19.1. The fraction of sp³-hybridized carbons (Fsp3) is 0.300. The number of amides is 2. The van der Waals surface area contributed by atoms with Gasteiger partial charge >= 0.3 is 0 Å². The first kappa shape index (κ1) is 20.5. The molecule has 2 aromatic rings. The van der Waals surface area contributed by atoms with E-state index in [0.29, 0.717) is 6.42 Å². The highest BCUT2D eigenvalue weighted by Gasteiger charge is 2.19. The van der Waals surface area contributed by atoms with Crippen LogP contribution in [0.5, 0.6) is 0 Å². The van der Waals surface area contributed by atoms with Gasteiger partial charge in [0, 0.05) is 6.07 Å². The minimum absolute atomic E-state index is 0.176. The second-order valence-electron chi connectivity index (χ2n) is 6.32. The zero-order chi connectivity index (χ0) is 19.8. The van der Waals surface area contributed by atoms with Gasteiger partial charge in [0.15, 0.2) is 0 Å². The van der Waals surface area contributed by atoms with Crippen molar-refractivity contribution in [3.8, 4) is 0 Å². The van der Waals surface area contributed by atoms with Crippen LogP contribution in [0.2, 0.25) is 0 Å². The Labute approximate surface area is 156 Å². The highest BCUT2D eigenvalue weighted by Crippen LogP contribution is 2.09. The van der Waals surface area contributed by atoms with Crippen molar-refractivity contribution in [1.82, 2.24) is 10.6 Å². The predicted octanol–water partition coefficient (Wildman–Crippen LogP) is 1.73. The molecule has 2 rings (SSSR count). The minimum Gasteiger partial charge on any atom is -0.394 e. The quantitative estimate of drug-likeness (QED) is 0.657. The van der Waals surface area contributed by atoms with Crippen LogP contribution in [0.25, 0.3) is 0 Å². The number of carbonyl (C=O) groups excluding carboxylic acids is 2. The molecule has 2 amide bonds. The molecule has 0 saturated carbocycles. The van der Waals surface area contributed by atoms with Gasteiger partial charge in [-0.2, -0.15) is 0 Å². The Morgan fingerprint density at radius 1 is 1.00 bits per heavy atom. The molecule has 2 atom stereocenters. The molecule has 0 bridgehead atoms. The van der Waals surface area contributed by atoms with Crippen LogP contribution in [-0.2, 0) is 22.4 Å². The van der Waals surface area contributed by atoms with Crippen molar-refractivity contribution in [2.45, 2.75) is 31.8 Å². The van der Waals surface area contributed by atoms with E-state index < -0.39 is 35.5 Å². The maximum Gasteiger partial charge on any atom is 0.242 e. The lowest BCUT2D eigenvalue weighted by atomic mass is 10.1. The zero-order valence-corrected chi connectivity index (χ0v) is 14.9. The van der Waals surface area contributed by atoms with Crippen molar-refractivity contribution in [3.63, 3.8) is 0 Å². The fourth-order valence-electron chi connectivity index (χ4n) is 2.64. The van der Waals surface area contributed by atoms with E-state index in [9.17, 15) is 23.5 Å². The van der Waals surface area contributed by atoms with Gasteiger partial charge in [0.2, 0.25) is 11.8 Å². The molecule has 0 saturated heterocycles. The first-order valence-corrected chi connectivity index (χ1v) is 8.57. The third-order valence-corrected chi connectivity index (χ3v) is 3.95. The molecular formula is C20H22F2N2O3. The number of halogens is 2. The molecule has 0 aliphatic carbocycles. The number of hydrogen-bond acceptors (Lipinski definition) is 3. The van der Waals surface area contributed by atoms with Gasteiger partial charge in [-0.3, -0.25) is 9.59 Å². The summed E-state index contributed by atoms with van der Waals surface area (Å²) in [6.45, 7) is 1.25. The summed E-state index contributed by atoms with van der Waals surface area (Å²) in [5.41, 5.74) is 1.14. The number of benzene rings is 2. The topological polar surface area (TPSA) is 78.4 Å². The third kappa shape index (κ3) is 6.79. The molecule has 27 heavy (non-hydrogen) atoms. The summed E-state index contributed by atoms with van der Waals surface area (Å²) in [5.74, 6) is -2.53. The average Bonchev–Trinajstić information content (AvgIpc) is 2.60. The molecule has 0 radical (unpaired) electrons. The van der Waals surface area contributed by atoms with Crippen LogP contribution in [0.4, 0.5) is 8.78 Å². The van der Waals surface area contributed by atoms with Crippen molar-refractivity contribution < 1.29 is 23.5 Å². The number of carbonyl (C=O) groups is 2. The molecule has 5 nitrogen and oxygen atoms in total. The number of aliphatic hydroxyl groups excluding tert-OH is 1. The predicted molar refractivity (Wildman–Crippen MR) is 96.8 cm³/mol. The Morgan fingerprint density at radius 2 is 1.63 bits per heavy atom. The van der Waals surface area contributed by atoms with Gasteiger partial charge in [0.1, 0.15) is 17.7 Å². The van der Waals surface area contributed by atoms with Crippen molar-refractivity contribution in [2.24, 2.45) is 0 Å². The van der Waals surface area contributed by atoms with Gasteiger partial charge in [-0.25, -0.2) is 8.78 Å². The van der Waals surface area contributed by atoms with Crippen LogP contribution in [-0.4, -0.2) is 35.6 Å². The smallest absolute Gasteiger partial charge is 0.242 e. The lowest BCUT2D eigenvalue weighted by Gasteiger charge is -2.20. The Hall–Kier alpha value is -2.80. The van der Waals surface area contributed by atoms with Crippen molar-refractivity contribution in [2.75, 3.05) is 6.61 Å². The molecular weight excluding hydrogens is 354 g/mol. The third-order valence-electron chi connectivity index (χ3n) is 3.95. The second kappa shape index (κ2) is 9.78. The van der Waals surface area contributed by atoms with Crippen molar-refractivity contribution in [3.05, 3.63) is 71.3 Å². The summed E-state index contributed by atoms with van der Waals surface area (Å²) in [7, 11) is 0. The Kier molecular flexibility index (Phi) is 7.43. The van der Waals surface area contributed by atoms with Crippen LogP contribution >= 0.6 is 0 Å². The molecule has 144 valence electrons. The minimum atomic E-state index is -0.860. The molecule has 2 aromatic carbocycles. The SMILES string of the molecule is C[C@H](NC(=O)Cc1cc(F)cc(F)c1)C(=O)N[C@H](CO)Cc1ccccc1. The Balaban J connectivity index is 1.87. The standard InChI is InChI=1S/C20H22F2N2O3/c1-13(23-19(26)10-15-7-16(21)11-17(22)8-15)20(27)24-18(12-25)9-14-5-3-2-4-6-14/h2-8,11,13,18,25H,9-10,12H2,1H3,(H,23,26)(H,24,27)/t13-,18-/m0/s1. The van der Waals surface area contributed by atoms with E-state index in [4.69, 9.17) is 0 Å². The van der Waals surface area contributed by atoms with Gasteiger partial charge in [-0.05, 0) is 36.6 Å². The zero-order valence-electron chi connectivity index (χ0n) is 14.9.